The lowest BCUT2D eigenvalue weighted by Gasteiger charge is -2.15. The predicted octanol–water partition coefficient (Wildman–Crippen LogP) is 4.52. The van der Waals surface area contributed by atoms with Crippen LogP contribution in [0.4, 0.5) is 0 Å². The highest BCUT2D eigenvalue weighted by Gasteiger charge is 2.21. The van der Waals surface area contributed by atoms with Crippen LogP contribution in [-0.2, 0) is 9.59 Å². The van der Waals surface area contributed by atoms with Gasteiger partial charge in [0.05, 0.1) is 32.8 Å². The highest BCUT2D eigenvalue weighted by atomic mass is 32.2. The van der Waals surface area contributed by atoms with Crippen molar-refractivity contribution in [3.63, 3.8) is 0 Å². The molecule has 0 unspecified atom stereocenters. The molecule has 12 heteroatoms. The number of amides is 1. The van der Waals surface area contributed by atoms with E-state index < -0.39 is 5.97 Å². The fourth-order valence-corrected chi connectivity index (χ4v) is 4.62. The Bertz CT molecular complexity index is 1530. The third-order valence-electron chi connectivity index (χ3n) is 5.79. The summed E-state index contributed by atoms with van der Waals surface area (Å²) >= 11 is 1.22. The van der Waals surface area contributed by atoms with Crippen LogP contribution in [0.1, 0.15) is 19.4 Å². The van der Waals surface area contributed by atoms with Crippen LogP contribution < -0.4 is 24.4 Å². The van der Waals surface area contributed by atoms with Crippen molar-refractivity contribution in [3.8, 4) is 40.1 Å². The van der Waals surface area contributed by atoms with Crippen LogP contribution in [0.2, 0.25) is 0 Å². The van der Waals surface area contributed by atoms with Gasteiger partial charge in [0, 0.05) is 18.2 Å². The molecule has 1 N–H and O–H groups in total. The average Bonchev–Trinajstić information content (AvgIpc) is 3.42. The third kappa shape index (κ3) is 7.03. The molecular formula is C29H29N5O6S. The van der Waals surface area contributed by atoms with Gasteiger partial charge in [0.15, 0.2) is 22.5 Å². The molecule has 4 rings (SSSR count). The maximum Gasteiger partial charge on any atom is 0.308 e. The van der Waals surface area contributed by atoms with E-state index in [9.17, 15) is 9.59 Å². The average molecular weight is 576 g/mol. The molecule has 0 aliphatic heterocycles. The number of thioether (sulfide) groups is 1. The Kier molecular flexibility index (Phi) is 9.59. The zero-order chi connectivity index (χ0) is 29.4. The smallest absolute Gasteiger partial charge is 0.308 e. The first-order valence-corrected chi connectivity index (χ1v) is 13.4. The highest BCUT2D eigenvalue weighted by Crippen LogP contribution is 2.41. The summed E-state index contributed by atoms with van der Waals surface area (Å²) in [5.74, 6) is 1.72. The molecule has 0 aliphatic rings. The zero-order valence-electron chi connectivity index (χ0n) is 23.2. The molecule has 0 radical (unpaired) electrons. The zero-order valence-corrected chi connectivity index (χ0v) is 24.0. The molecule has 4 aromatic rings. The lowest BCUT2D eigenvalue weighted by atomic mass is 10.1. The van der Waals surface area contributed by atoms with Gasteiger partial charge < -0.3 is 18.9 Å². The second-order valence-electron chi connectivity index (χ2n) is 8.53. The molecule has 0 aliphatic carbocycles. The number of nitrogens with zero attached hydrogens (tertiary/aromatic N) is 4. The van der Waals surface area contributed by atoms with Crippen molar-refractivity contribution in [2.45, 2.75) is 19.0 Å². The van der Waals surface area contributed by atoms with Crippen molar-refractivity contribution in [2.75, 3.05) is 27.1 Å². The summed E-state index contributed by atoms with van der Waals surface area (Å²) in [4.78, 5) is 23.8. The molecule has 3 aromatic carbocycles. The number of hydrazone groups is 1. The van der Waals surface area contributed by atoms with E-state index in [1.54, 1.807) is 64.7 Å². The Morgan fingerprint density at radius 2 is 1.56 bits per heavy atom. The number of aromatic nitrogens is 3. The maximum absolute atomic E-state index is 12.7. The number of ether oxygens (including phenoxy) is 4. The summed E-state index contributed by atoms with van der Waals surface area (Å²) in [7, 11) is 4.63. The second kappa shape index (κ2) is 13.5. The number of esters is 1. The van der Waals surface area contributed by atoms with E-state index in [4.69, 9.17) is 18.9 Å². The molecule has 0 fully saturated rings. The minimum Gasteiger partial charge on any atom is -0.493 e. The number of carbonyl (C=O) groups is 2. The number of methoxy groups -OCH3 is 3. The molecule has 0 atom stereocenters. The van der Waals surface area contributed by atoms with Crippen molar-refractivity contribution in [1.29, 1.82) is 0 Å². The van der Waals surface area contributed by atoms with Crippen LogP contribution in [0.15, 0.2) is 77.0 Å². The minimum atomic E-state index is -0.397. The van der Waals surface area contributed by atoms with E-state index in [0.29, 0.717) is 45.3 Å². The first-order valence-electron chi connectivity index (χ1n) is 12.4. The van der Waals surface area contributed by atoms with E-state index in [1.165, 1.54) is 18.7 Å². The lowest BCUT2D eigenvalue weighted by Crippen LogP contribution is -2.21. The van der Waals surface area contributed by atoms with E-state index in [2.05, 4.69) is 20.7 Å². The van der Waals surface area contributed by atoms with Crippen LogP contribution >= 0.6 is 11.8 Å². The Hall–Kier alpha value is -4.84. The number of hydrogen-bond acceptors (Lipinski definition) is 10. The van der Waals surface area contributed by atoms with Gasteiger partial charge in [-0.05, 0) is 61.0 Å². The summed E-state index contributed by atoms with van der Waals surface area (Å²) in [5, 5.41) is 13.5. The fourth-order valence-electron chi connectivity index (χ4n) is 3.87. The molecule has 0 bridgehead atoms. The topological polar surface area (TPSA) is 126 Å². The van der Waals surface area contributed by atoms with E-state index >= 15 is 0 Å². The molecule has 41 heavy (non-hydrogen) atoms. The van der Waals surface area contributed by atoms with E-state index in [1.807, 2.05) is 34.9 Å². The number of rotatable bonds is 11. The van der Waals surface area contributed by atoms with Gasteiger partial charge in [-0.15, -0.1) is 10.2 Å². The van der Waals surface area contributed by atoms with Crippen LogP contribution in [0.25, 0.3) is 17.1 Å². The first-order chi connectivity index (χ1) is 19.8. The fraction of sp³-hybridized carbons (Fsp3) is 0.207. The van der Waals surface area contributed by atoms with Crippen LogP contribution in [-0.4, -0.2) is 59.4 Å². The molecule has 1 heterocycles. The Morgan fingerprint density at radius 1 is 0.902 bits per heavy atom. The summed E-state index contributed by atoms with van der Waals surface area (Å²) < 4.78 is 23.4. The van der Waals surface area contributed by atoms with Gasteiger partial charge in [0.2, 0.25) is 5.75 Å². The van der Waals surface area contributed by atoms with Crippen molar-refractivity contribution in [3.05, 3.63) is 72.3 Å². The minimum absolute atomic E-state index is 0.0440. The quantitative estimate of drug-likeness (QED) is 0.0903. The summed E-state index contributed by atoms with van der Waals surface area (Å²) in [6, 6.07) is 20.0. The number of hydrogen-bond donors (Lipinski definition) is 1. The van der Waals surface area contributed by atoms with Gasteiger partial charge >= 0.3 is 5.97 Å². The van der Waals surface area contributed by atoms with Gasteiger partial charge in [-0.25, -0.2) is 5.43 Å². The predicted molar refractivity (Wildman–Crippen MR) is 155 cm³/mol. The largest absolute Gasteiger partial charge is 0.493 e. The van der Waals surface area contributed by atoms with Crippen LogP contribution in [0.3, 0.4) is 0 Å². The van der Waals surface area contributed by atoms with Crippen molar-refractivity contribution in [2.24, 2.45) is 5.10 Å². The Labute approximate surface area is 241 Å². The van der Waals surface area contributed by atoms with Gasteiger partial charge in [0.1, 0.15) is 5.75 Å². The summed E-state index contributed by atoms with van der Waals surface area (Å²) in [6.45, 7) is 3.11. The molecule has 0 saturated heterocycles. The molecule has 1 amide bonds. The molecule has 212 valence electrons. The van der Waals surface area contributed by atoms with Crippen LogP contribution in [0, 0.1) is 0 Å². The molecule has 0 saturated carbocycles. The summed E-state index contributed by atoms with van der Waals surface area (Å²) in [5.41, 5.74) is 5.44. The van der Waals surface area contributed by atoms with Crippen LogP contribution in [0.5, 0.6) is 23.0 Å². The number of nitrogens with one attached hydrogen (secondary N) is 1. The Balaban J connectivity index is 1.54. The standard InChI is InChI=1S/C29H29N5O6S/c1-18(20-11-13-23(14-12-20)40-19(2)35)30-31-26(36)17-41-29-33-32-28(34(29)22-9-7-6-8-10-22)21-15-24(37-3)27(39-5)25(16-21)38-4/h6-16H,17H2,1-5H3,(H,31,36)/b30-18-. The van der Waals surface area contributed by atoms with Crippen molar-refractivity contribution in [1.82, 2.24) is 20.2 Å². The SMILES string of the molecule is COc1cc(-c2nnc(SCC(=O)N/N=C(/C)c3ccc(OC(C)=O)cc3)n2-c2ccccc2)cc(OC)c1OC. The van der Waals surface area contributed by atoms with Crippen molar-refractivity contribution < 1.29 is 28.5 Å². The normalized spacial score (nSPS) is 11.1. The molecule has 0 spiro atoms. The molecular weight excluding hydrogens is 546 g/mol. The lowest BCUT2D eigenvalue weighted by molar-refractivity contribution is -0.131. The van der Waals surface area contributed by atoms with Gasteiger partial charge in [-0.1, -0.05) is 30.0 Å². The maximum atomic E-state index is 12.7. The number of benzene rings is 3. The van der Waals surface area contributed by atoms with E-state index in [-0.39, 0.29) is 11.7 Å². The molecule has 1 aromatic heterocycles. The highest BCUT2D eigenvalue weighted by molar-refractivity contribution is 7.99. The Morgan fingerprint density at radius 3 is 2.15 bits per heavy atom. The van der Waals surface area contributed by atoms with E-state index in [0.717, 1.165) is 11.3 Å². The van der Waals surface area contributed by atoms with Gasteiger partial charge in [-0.2, -0.15) is 5.10 Å². The number of carbonyl (C=O) groups excluding carboxylic acids is 2. The molecule has 11 nitrogen and oxygen atoms in total. The van der Waals surface area contributed by atoms with Crippen molar-refractivity contribution >= 4 is 29.4 Å². The first kappa shape index (κ1) is 29.2. The van der Waals surface area contributed by atoms with Gasteiger partial charge in [-0.3, -0.25) is 14.2 Å². The van der Waals surface area contributed by atoms with Gasteiger partial charge in [0.25, 0.3) is 5.91 Å². The summed E-state index contributed by atoms with van der Waals surface area (Å²) in [6.07, 6.45) is 0. The third-order valence-corrected chi connectivity index (χ3v) is 6.71. The monoisotopic (exact) mass is 575 g/mol. The number of para-hydroxylation sites is 1. The second-order valence-corrected chi connectivity index (χ2v) is 9.47.